The van der Waals surface area contributed by atoms with Crippen molar-refractivity contribution in [3.05, 3.63) is 0 Å². The van der Waals surface area contributed by atoms with Crippen LogP contribution in [0.25, 0.3) is 0 Å². The molecule has 0 radical (unpaired) electrons. The first kappa shape index (κ1) is 22.2. The van der Waals surface area contributed by atoms with Gasteiger partial charge in [-0.1, -0.05) is 0 Å². The summed E-state index contributed by atoms with van der Waals surface area (Å²) in [7, 11) is 0.778. The van der Waals surface area contributed by atoms with Crippen LogP contribution in [0.4, 0.5) is 8.81 Å². The van der Waals surface area contributed by atoms with Crippen molar-refractivity contribution in [2.45, 2.75) is 0 Å². The third-order valence-electron chi connectivity index (χ3n) is 1.51. The average Bonchev–Trinajstić information content (AvgIpc) is 2.37. The molecule has 0 rings (SSSR count). The van der Waals surface area contributed by atoms with Gasteiger partial charge < -0.3 is 31.4 Å². The van der Waals surface area contributed by atoms with Gasteiger partial charge in [-0.3, -0.25) is 4.70 Å². The zero-order chi connectivity index (χ0) is 13.2. The Morgan fingerprint density at radius 2 is 0.941 bits per heavy atom. The van der Waals surface area contributed by atoms with Gasteiger partial charge in [-0.2, -0.15) is 0 Å². The van der Waals surface area contributed by atoms with Gasteiger partial charge in [0.25, 0.3) is 0 Å². The highest BCUT2D eigenvalue weighted by Gasteiger charge is 2.40. The largest absolute Gasteiger partial charge is 0.719 e. The van der Waals surface area contributed by atoms with E-state index in [1.807, 2.05) is 0 Å². The number of hydrogen-bond donors (Lipinski definition) is 1. The van der Waals surface area contributed by atoms with Crippen molar-refractivity contribution in [1.29, 1.82) is 0 Å². The lowest BCUT2D eigenvalue weighted by molar-refractivity contribution is 0.0418. The molecule has 0 aromatic rings. The highest BCUT2D eigenvalue weighted by Crippen LogP contribution is 2.04. The summed E-state index contributed by atoms with van der Waals surface area (Å²) in [6.07, 6.45) is 0. The molecular formula is C6H20F2O7Si2. The van der Waals surface area contributed by atoms with Crippen LogP contribution in [0.3, 0.4) is 0 Å². The third kappa shape index (κ3) is 9.69. The van der Waals surface area contributed by atoms with Crippen LogP contribution >= 0.6 is 0 Å². The van der Waals surface area contributed by atoms with Gasteiger partial charge in [0.05, 0.1) is 0 Å². The maximum absolute atomic E-state index is 12.5. The van der Waals surface area contributed by atoms with Gasteiger partial charge in [0, 0.05) is 42.7 Å². The van der Waals surface area contributed by atoms with E-state index in [-0.39, 0.29) is 4.70 Å². The second kappa shape index (κ2) is 11.1. The molecule has 0 heterocycles. The molecule has 17 heavy (non-hydrogen) atoms. The SMILES string of the molecule is CO[Si](F)(OC)OC.CO[Si](O)(OC)OC.F. The molecule has 7 nitrogen and oxygen atoms in total. The maximum Gasteiger partial charge on any atom is 0.719 e. The first-order valence-electron chi connectivity index (χ1n) is 4.09. The Balaban J connectivity index is -0.000000218. The first-order valence-corrected chi connectivity index (χ1v) is 7.36. The van der Waals surface area contributed by atoms with Gasteiger partial charge in [0.2, 0.25) is 0 Å². The normalized spacial score (nSPS) is 11.3. The van der Waals surface area contributed by atoms with E-state index in [1.165, 1.54) is 42.7 Å². The number of rotatable bonds is 6. The van der Waals surface area contributed by atoms with E-state index in [0.717, 1.165) is 0 Å². The Morgan fingerprint density at radius 1 is 0.706 bits per heavy atom. The van der Waals surface area contributed by atoms with Gasteiger partial charge in [-0.05, 0) is 0 Å². The molecule has 1 N–H and O–H groups in total. The summed E-state index contributed by atoms with van der Waals surface area (Å²) in [5.41, 5.74) is 0. The zero-order valence-electron chi connectivity index (χ0n) is 10.7. The van der Waals surface area contributed by atoms with Crippen molar-refractivity contribution < 1.29 is 40.2 Å². The van der Waals surface area contributed by atoms with Crippen LogP contribution in [0.2, 0.25) is 0 Å². The van der Waals surface area contributed by atoms with Crippen LogP contribution in [-0.2, 0) is 26.6 Å². The Hall–Kier alpha value is 0.0138. The summed E-state index contributed by atoms with van der Waals surface area (Å²) in [5, 5.41) is 0. The predicted molar refractivity (Wildman–Crippen MR) is 59.4 cm³/mol. The van der Waals surface area contributed by atoms with Crippen LogP contribution in [0.5, 0.6) is 0 Å². The van der Waals surface area contributed by atoms with Crippen molar-refractivity contribution in [2.75, 3.05) is 42.7 Å². The van der Waals surface area contributed by atoms with Crippen LogP contribution in [0.1, 0.15) is 0 Å². The molecule has 0 bridgehead atoms. The lowest BCUT2D eigenvalue weighted by Crippen LogP contribution is -2.42. The summed E-state index contributed by atoms with van der Waals surface area (Å²) in [5.74, 6) is 0. The molecule has 0 aliphatic heterocycles. The van der Waals surface area contributed by atoms with Gasteiger partial charge >= 0.3 is 18.2 Å². The maximum atomic E-state index is 12.5. The lowest BCUT2D eigenvalue weighted by Gasteiger charge is -2.14. The van der Waals surface area contributed by atoms with Crippen molar-refractivity contribution >= 4 is 18.2 Å². The lowest BCUT2D eigenvalue weighted by atomic mass is 11.8. The summed E-state index contributed by atoms with van der Waals surface area (Å²) >= 11 is 0. The molecule has 0 saturated carbocycles. The minimum Gasteiger partial charge on any atom is -0.367 e. The summed E-state index contributed by atoms with van der Waals surface area (Å²) in [6, 6.07) is 0. The molecule has 0 aromatic heterocycles. The minimum absolute atomic E-state index is 0. The monoisotopic (exact) mass is 298 g/mol. The Morgan fingerprint density at radius 3 is 0.941 bits per heavy atom. The van der Waals surface area contributed by atoms with E-state index >= 15 is 0 Å². The second-order valence-corrected chi connectivity index (χ2v) is 6.69. The number of hydrogen-bond acceptors (Lipinski definition) is 7. The van der Waals surface area contributed by atoms with Gasteiger partial charge in [-0.15, -0.1) is 0 Å². The molecule has 108 valence electrons. The molecule has 0 aliphatic carbocycles. The quantitative estimate of drug-likeness (QED) is 0.539. The molecule has 11 heteroatoms. The minimum atomic E-state index is -3.67. The summed E-state index contributed by atoms with van der Waals surface area (Å²) < 4.78 is 38.7. The van der Waals surface area contributed by atoms with Gasteiger partial charge in [-0.25, -0.2) is 4.11 Å². The third-order valence-corrected chi connectivity index (χ3v) is 4.52. The number of halogens is 2. The van der Waals surface area contributed by atoms with E-state index < -0.39 is 18.2 Å². The van der Waals surface area contributed by atoms with E-state index in [2.05, 4.69) is 26.6 Å². The van der Waals surface area contributed by atoms with Crippen LogP contribution in [0.15, 0.2) is 0 Å². The highest BCUT2D eigenvalue weighted by atomic mass is 28.4. The fraction of sp³-hybridized carbons (Fsp3) is 1.00. The van der Waals surface area contributed by atoms with Crippen molar-refractivity contribution in [1.82, 2.24) is 0 Å². The van der Waals surface area contributed by atoms with Crippen molar-refractivity contribution in [2.24, 2.45) is 0 Å². The summed E-state index contributed by atoms with van der Waals surface area (Å²) in [4.78, 5) is 8.91. The fourth-order valence-corrected chi connectivity index (χ4v) is 1.50. The van der Waals surface area contributed by atoms with E-state index in [1.54, 1.807) is 0 Å². The standard InChI is InChI=1S/C3H9FO3Si.C3H10O4Si.FH/c2*1-5-8(4,6-2)7-3;/h1-3H3;4H,1-3H3;1H. The molecule has 0 spiro atoms. The molecule has 0 saturated heterocycles. The molecule has 0 aliphatic rings. The predicted octanol–water partition coefficient (Wildman–Crippen LogP) is -0.163. The van der Waals surface area contributed by atoms with E-state index in [9.17, 15) is 4.11 Å². The van der Waals surface area contributed by atoms with Gasteiger partial charge in [0.15, 0.2) is 0 Å². The Bertz CT molecular complexity index is 134. The van der Waals surface area contributed by atoms with Gasteiger partial charge in [0.1, 0.15) is 0 Å². The Kier molecular flexibility index (Phi) is 14.5. The van der Waals surface area contributed by atoms with Crippen LogP contribution in [-0.4, -0.2) is 65.6 Å². The van der Waals surface area contributed by atoms with Crippen molar-refractivity contribution in [3.63, 3.8) is 0 Å². The average molecular weight is 298 g/mol. The Labute approximate surface area is 102 Å². The smallest absolute Gasteiger partial charge is 0.367 e. The second-order valence-electron chi connectivity index (χ2n) is 2.23. The zero-order valence-corrected chi connectivity index (χ0v) is 12.7. The fourth-order valence-electron chi connectivity index (χ4n) is 0.500. The topological polar surface area (TPSA) is 75.6 Å². The van der Waals surface area contributed by atoms with Crippen LogP contribution < -0.4 is 0 Å². The molecule has 0 amide bonds. The summed E-state index contributed by atoms with van der Waals surface area (Å²) in [6.45, 7) is 0. The molecule has 0 unspecified atom stereocenters. The molecule has 0 atom stereocenters. The highest BCUT2D eigenvalue weighted by molar-refractivity contribution is 6.52. The van der Waals surface area contributed by atoms with E-state index in [0.29, 0.717) is 0 Å². The van der Waals surface area contributed by atoms with Crippen molar-refractivity contribution in [3.8, 4) is 0 Å². The van der Waals surface area contributed by atoms with Crippen LogP contribution in [0, 0.1) is 0 Å². The van der Waals surface area contributed by atoms with E-state index in [4.69, 9.17) is 4.80 Å². The molecule has 0 fully saturated rings. The molecule has 0 aromatic carbocycles. The first-order chi connectivity index (χ1) is 7.36. The molecular weight excluding hydrogens is 278 g/mol.